The molecule has 0 bridgehead atoms. The monoisotopic (exact) mass is 472 g/mol. The molecule has 2 aromatic carbocycles. The highest BCUT2D eigenvalue weighted by atomic mass is 35.5. The van der Waals surface area contributed by atoms with Crippen LogP contribution in [0.1, 0.15) is 12.7 Å². The van der Waals surface area contributed by atoms with Crippen LogP contribution in [0.2, 0.25) is 10.0 Å². The second-order valence-electron chi connectivity index (χ2n) is 5.97. The Morgan fingerprint density at radius 2 is 1.83 bits per heavy atom. The summed E-state index contributed by atoms with van der Waals surface area (Å²) in [6.45, 7) is 2.57. The van der Waals surface area contributed by atoms with Gasteiger partial charge < -0.3 is 14.6 Å². The number of ether oxygens (including phenoxy) is 1. The molecule has 1 N–H and O–H groups in total. The largest absolute Gasteiger partial charge is 0.486 e. The number of amides is 1. The molecular weight excluding hydrogens is 457 g/mol. The number of benzene rings is 2. The highest BCUT2D eigenvalue weighted by Crippen LogP contribution is 2.23. The minimum atomic E-state index is -0.558. The maximum absolute atomic E-state index is 13.2. The molecule has 0 radical (unpaired) electrons. The van der Waals surface area contributed by atoms with Crippen LogP contribution in [-0.4, -0.2) is 26.4 Å². The third-order valence-corrected chi connectivity index (χ3v) is 5.45. The van der Waals surface area contributed by atoms with E-state index in [1.807, 2.05) is 6.92 Å². The van der Waals surface area contributed by atoms with E-state index in [1.165, 1.54) is 48.2 Å². The van der Waals surface area contributed by atoms with Gasteiger partial charge in [-0.15, -0.1) is 10.2 Å². The van der Waals surface area contributed by atoms with Gasteiger partial charge in [-0.2, -0.15) is 0 Å². The van der Waals surface area contributed by atoms with E-state index in [-0.39, 0.29) is 28.3 Å². The number of carbonyl (C=O) groups excluding carboxylic acids is 1. The van der Waals surface area contributed by atoms with Crippen LogP contribution in [0.4, 0.5) is 14.5 Å². The molecule has 0 aliphatic heterocycles. The molecule has 0 aliphatic carbocycles. The first kappa shape index (κ1) is 22.3. The van der Waals surface area contributed by atoms with Crippen LogP contribution in [0.5, 0.6) is 5.75 Å². The summed E-state index contributed by atoms with van der Waals surface area (Å²) in [5.74, 6) is -0.364. The van der Waals surface area contributed by atoms with E-state index in [0.29, 0.717) is 29.0 Å². The molecule has 6 nitrogen and oxygen atoms in total. The number of thioether (sulfide) groups is 1. The predicted molar refractivity (Wildman–Crippen MR) is 112 cm³/mol. The third-order valence-electron chi connectivity index (χ3n) is 3.90. The summed E-state index contributed by atoms with van der Waals surface area (Å²) in [5.41, 5.74) is 0.399. The molecule has 0 saturated heterocycles. The zero-order valence-electron chi connectivity index (χ0n) is 15.7. The van der Waals surface area contributed by atoms with Gasteiger partial charge in [-0.05, 0) is 37.3 Å². The summed E-state index contributed by atoms with van der Waals surface area (Å²) in [6, 6.07) is 8.01. The molecule has 0 fully saturated rings. The third kappa shape index (κ3) is 5.62. The average Bonchev–Trinajstić information content (AvgIpc) is 3.12. The molecule has 3 aromatic rings. The number of nitrogens with zero attached hydrogens (tertiary/aromatic N) is 3. The minimum absolute atomic E-state index is 0.0332. The van der Waals surface area contributed by atoms with Gasteiger partial charge in [0.15, 0.2) is 11.0 Å². The second kappa shape index (κ2) is 10.1. The van der Waals surface area contributed by atoms with Gasteiger partial charge in [-0.3, -0.25) is 4.79 Å². The van der Waals surface area contributed by atoms with Crippen LogP contribution in [-0.2, 0) is 17.9 Å². The average molecular weight is 473 g/mol. The Kier molecular flexibility index (Phi) is 7.52. The SMILES string of the molecule is CCn1c(COc2ccc(F)c(Cl)c2)nnc1SCC(=O)Nc1ccc(F)c(Cl)c1. The van der Waals surface area contributed by atoms with Crippen molar-refractivity contribution in [3.05, 3.63) is 63.9 Å². The van der Waals surface area contributed by atoms with Crippen molar-refractivity contribution in [2.75, 3.05) is 11.1 Å². The van der Waals surface area contributed by atoms with Crippen molar-refractivity contribution in [1.82, 2.24) is 14.8 Å². The number of hydrogen-bond donors (Lipinski definition) is 1. The zero-order chi connectivity index (χ0) is 21.7. The van der Waals surface area contributed by atoms with E-state index in [9.17, 15) is 13.6 Å². The molecule has 0 spiro atoms. The standard InChI is InChI=1S/C19H16Cl2F2N4O2S/c1-2-27-17(9-29-12-4-6-16(23)14(21)8-12)25-26-19(27)30-10-18(28)24-11-3-5-15(22)13(20)7-11/h3-8H,2,9-10H2,1H3,(H,24,28). The first-order valence-electron chi connectivity index (χ1n) is 8.75. The van der Waals surface area contributed by atoms with E-state index in [4.69, 9.17) is 27.9 Å². The number of nitrogens with one attached hydrogen (secondary N) is 1. The summed E-state index contributed by atoms with van der Waals surface area (Å²) in [7, 11) is 0. The van der Waals surface area contributed by atoms with Crippen molar-refractivity contribution in [2.24, 2.45) is 0 Å². The number of carbonyl (C=O) groups is 1. The first-order chi connectivity index (χ1) is 14.4. The topological polar surface area (TPSA) is 69.0 Å². The van der Waals surface area contributed by atoms with Crippen LogP contribution in [0.3, 0.4) is 0 Å². The lowest BCUT2D eigenvalue weighted by Gasteiger charge is -2.09. The van der Waals surface area contributed by atoms with Crippen LogP contribution < -0.4 is 10.1 Å². The Balaban J connectivity index is 1.58. The molecule has 3 rings (SSSR count). The normalized spacial score (nSPS) is 10.8. The Bertz CT molecular complexity index is 1070. The molecule has 1 aromatic heterocycles. The van der Waals surface area contributed by atoms with Crippen LogP contribution >= 0.6 is 35.0 Å². The van der Waals surface area contributed by atoms with E-state index in [0.717, 1.165) is 0 Å². The smallest absolute Gasteiger partial charge is 0.234 e. The fourth-order valence-corrected chi connectivity index (χ4v) is 3.64. The lowest BCUT2D eigenvalue weighted by molar-refractivity contribution is -0.113. The number of rotatable bonds is 8. The summed E-state index contributed by atoms with van der Waals surface area (Å²) < 4.78 is 33.8. The number of hydrogen-bond acceptors (Lipinski definition) is 5. The summed E-state index contributed by atoms with van der Waals surface area (Å²) in [4.78, 5) is 12.2. The molecule has 0 atom stereocenters. The van der Waals surface area contributed by atoms with E-state index >= 15 is 0 Å². The molecule has 0 unspecified atom stereocenters. The second-order valence-corrected chi connectivity index (χ2v) is 7.73. The van der Waals surface area contributed by atoms with E-state index in [2.05, 4.69) is 15.5 Å². The molecule has 0 saturated carbocycles. The number of aromatic nitrogens is 3. The molecular formula is C19H16Cl2F2N4O2S. The molecule has 1 amide bonds. The lowest BCUT2D eigenvalue weighted by atomic mass is 10.3. The van der Waals surface area contributed by atoms with Gasteiger partial charge >= 0.3 is 0 Å². The highest BCUT2D eigenvalue weighted by molar-refractivity contribution is 7.99. The van der Waals surface area contributed by atoms with Crippen molar-refractivity contribution >= 4 is 46.6 Å². The Morgan fingerprint density at radius 3 is 2.50 bits per heavy atom. The number of halogens is 4. The highest BCUT2D eigenvalue weighted by Gasteiger charge is 2.14. The first-order valence-corrected chi connectivity index (χ1v) is 10.5. The molecule has 30 heavy (non-hydrogen) atoms. The Labute approximate surface area is 185 Å². The van der Waals surface area contributed by atoms with Crippen molar-refractivity contribution < 1.29 is 18.3 Å². The van der Waals surface area contributed by atoms with Crippen LogP contribution in [0.15, 0.2) is 41.6 Å². The Morgan fingerprint density at radius 1 is 1.13 bits per heavy atom. The van der Waals surface area contributed by atoms with Gasteiger partial charge in [0, 0.05) is 18.3 Å². The fourth-order valence-electron chi connectivity index (χ4n) is 2.47. The van der Waals surface area contributed by atoms with Crippen molar-refractivity contribution in [1.29, 1.82) is 0 Å². The summed E-state index contributed by atoms with van der Waals surface area (Å²) in [5, 5.41) is 11.3. The minimum Gasteiger partial charge on any atom is -0.486 e. The van der Waals surface area contributed by atoms with Crippen LogP contribution in [0.25, 0.3) is 0 Å². The molecule has 0 aliphatic rings. The van der Waals surface area contributed by atoms with Crippen LogP contribution in [0, 0.1) is 11.6 Å². The summed E-state index contributed by atoms with van der Waals surface area (Å²) in [6.07, 6.45) is 0. The number of anilines is 1. The predicted octanol–water partition coefficient (Wildman–Crippen LogP) is 5.19. The Hall–Kier alpha value is -2.36. The van der Waals surface area contributed by atoms with Crippen molar-refractivity contribution in [3.8, 4) is 5.75 Å². The molecule has 1 heterocycles. The van der Waals surface area contributed by atoms with Gasteiger partial charge in [0.2, 0.25) is 5.91 Å². The molecule has 158 valence electrons. The summed E-state index contributed by atoms with van der Waals surface area (Å²) >= 11 is 12.7. The van der Waals surface area contributed by atoms with Crippen molar-refractivity contribution in [2.45, 2.75) is 25.2 Å². The quantitative estimate of drug-likeness (QED) is 0.456. The lowest BCUT2D eigenvalue weighted by Crippen LogP contribution is -2.15. The van der Waals surface area contributed by atoms with Gasteiger partial charge in [-0.25, -0.2) is 8.78 Å². The maximum atomic E-state index is 13.2. The van der Waals surface area contributed by atoms with E-state index < -0.39 is 11.6 Å². The molecule has 11 heteroatoms. The van der Waals surface area contributed by atoms with Gasteiger partial charge in [0.05, 0.1) is 15.8 Å². The van der Waals surface area contributed by atoms with Gasteiger partial charge in [0.25, 0.3) is 0 Å². The van der Waals surface area contributed by atoms with E-state index in [1.54, 1.807) is 4.57 Å². The van der Waals surface area contributed by atoms with Gasteiger partial charge in [0.1, 0.15) is 24.0 Å². The van der Waals surface area contributed by atoms with Crippen molar-refractivity contribution in [3.63, 3.8) is 0 Å². The zero-order valence-corrected chi connectivity index (χ0v) is 18.0. The maximum Gasteiger partial charge on any atom is 0.234 e. The van der Waals surface area contributed by atoms with Gasteiger partial charge in [-0.1, -0.05) is 35.0 Å². The fraction of sp³-hybridized carbons (Fsp3) is 0.211.